The molecule has 0 bridgehead atoms. The fraction of sp³-hybridized carbons (Fsp3) is 0.188. The predicted octanol–water partition coefficient (Wildman–Crippen LogP) is 17.9. The number of hydrogen-bond donors (Lipinski definition) is 0. The number of hydrogen-bond acceptors (Lipinski definition) is 2. The molecule has 9 aromatic carbocycles. The van der Waals surface area contributed by atoms with Gasteiger partial charge in [0.05, 0.1) is 0 Å². The lowest BCUT2D eigenvalue weighted by molar-refractivity contribution is 0.170. The van der Waals surface area contributed by atoms with Crippen LogP contribution in [-0.2, 0) is 10.8 Å². The summed E-state index contributed by atoms with van der Waals surface area (Å²) in [5.41, 5.74) is 17.5. The van der Waals surface area contributed by atoms with Crippen molar-refractivity contribution in [1.29, 1.82) is 0 Å². The smallest absolute Gasteiger partial charge is 0.0468 e. The van der Waals surface area contributed by atoms with Crippen LogP contribution in [0.2, 0.25) is 0 Å². The molecule has 2 heteroatoms. The van der Waals surface area contributed by atoms with Crippen LogP contribution < -0.4 is 9.80 Å². The molecule has 324 valence electrons. The number of rotatable bonds is 10. The lowest BCUT2D eigenvalue weighted by Gasteiger charge is -2.48. The lowest BCUT2D eigenvalue weighted by atomic mass is 9.56. The van der Waals surface area contributed by atoms with Gasteiger partial charge in [0.25, 0.3) is 0 Å². The highest BCUT2D eigenvalue weighted by atomic mass is 15.1. The molecule has 11 rings (SSSR count). The summed E-state index contributed by atoms with van der Waals surface area (Å²) in [5, 5.41) is 2.48. The van der Waals surface area contributed by atoms with Crippen molar-refractivity contribution in [2.45, 2.75) is 64.2 Å². The van der Waals surface area contributed by atoms with Gasteiger partial charge in [0, 0.05) is 45.0 Å². The second-order valence-electron chi connectivity index (χ2n) is 19.5. The van der Waals surface area contributed by atoms with E-state index >= 15 is 0 Å². The van der Waals surface area contributed by atoms with Crippen molar-refractivity contribution in [2.24, 2.45) is 11.8 Å². The molecule has 0 saturated heterocycles. The average Bonchev–Trinajstić information content (AvgIpc) is 3.60. The Labute approximate surface area is 391 Å². The number of benzene rings is 9. The quantitative estimate of drug-likeness (QED) is 0.135. The molecule has 0 amide bonds. The third kappa shape index (κ3) is 7.11. The van der Waals surface area contributed by atoms with Gasteiger partial charge in [0.15, 0.2) is 0 Å². The summed E-state index contributed by atoms with van der Waals surface area (Å²) in [5.74, 6) is 1.05. The normalized spacial score (nSPS) is 17.3. The third-order valence-corrected chi connectivity index (χ3v) is 15.1. The highest BCUT2D eigenvalue weighted by Gasteiger charge is 2.45. The molecule has 0 heterocycles. The van der Waals surface area contributed by atoms with Crippen molar-refractivity contribution >= 4 is 44.9 Å². The van der Waals surface area contributed by atoms with E-state index in [-0.39, 0.29) is 10.8 Å². The molecular formula is C64H58N2. The first kappa shape index (κ1) is 41.5. The van der Waals surface area contributed by atoms with Crippen LogP contribution in [0, 0.1) is 11.8 Å². The van der Waals surface area contributed by atoms with Crippen LogP contribution in [0.3, 0.4) is 0 Å². The molecule has 9 aromatic rings. The zero-order valence-electron chi connectivity index (χ0n) is 38.7. The van der Waals surface area contributed by atoms with Gasteiger partial charge in [-0.05, 0) is 153 Å². The Morgan fingerprint density at radius 1 is 0.424 bits per heavy atom. The summed E-state index contributed by atoms with van der Waals surface area (Å²) < 4.78 is 0. The monoisotopic (exact) mass is 854 g/mol. The summed E-state index contributed by atoms with van der Waals surface area (Å²) >= 11 is 0. The van der Waals surface area contributed by atoms with Crippen LogP contribution in [0.1, 0.15) is 75.6 Å². The molecule has 0 aromatic heterocycles. The number of anilines is 6. The highest BCUT2D eigenvalue weighted by molar-refractivity contribution is 5.95. The minimum Gasteiger partial charge on any atom is -0.311 e. The fourth-order valence-corrected chi connectivity index (χ4v) is 11.9. The van der Waals surface area contributed by atoms with Crippen LogP contribution in [0.4, 0.5) is 34.1 Å². The molecule has 2 aliphatic carbocycles. The molecule has 1 saturated carbocycles. The minimum atomic E-state index is -0.168. The van der Waals surface area contributed by atoms with Crippen molar-refractivity contribution < 1.29 is 0 Å². The molecular weight excluding hydrogens is 797 g/mol. The van der Waals surface area contributed by atoms with E-state index in [4.69, 9.17) is 0 Å². The number of fused-ring (bicyclic) bond motifs is 4. The lowest BCUT2D eigenvalue weighted by Crippen LogP contribution is -2.42. The first-order valence-corrected chi connectivity index (χ1v) is 24.1. The molecule has 2 atom stereocenters. The van der Waals surface area contributed by atoms with E-state index in [1.165, 1.54) is 85.9 Å². The van der Waals surface area contributed by atoms with Crippen LogP contribution in [0.25, 0.3) is 33.0 Å². The van der Waals surface area contributed by atoms with Crippen molar-refractivity contribution in [3.63, 3.8) is 0 Å². The maximum Gasteiger partial charge on any atom is 0.0468 e. The average molecular weight is 855 g/mol. The van der Waals surface area contributed by atoms with Gasteiger partial charge in [0.2, 0.25) is 0 Å². The number of para-hydroxylation sites is 2. The molecule has 0 N–H and O–H groups in total. The van der Waals surface area contributed by atoms with Crippen molar-refractivity contribution in [2.75, 3.05) is 9.80 Å². The van der Waals surface area contributed by atoms with E-state index in [0.717, 1.165) is 29.2 Å². The molecule has 2 unspecified atom stereocenters. The van der Waals surface area contributed by atoms with Gasteiger partial charge < -0.3 is 9.80 Å². The maximum absolute atomic E-state index is 2.48. The summed E-state index contributed by atoms with van der Waals surface area (Å²) in [6.45, 7) is 9.68. The molecule has 0 aliphatic heterocycles. The Kier molecular flexibility index (Phi) is 10.7. The first-order valence-electron chi connectivity index (χ1n) is 24.1. The first-order chi connectivity index (χ1) is 32.3. The second-order valence-corrected chi connectivity index (χ2v) is 19.5. The van der Waals surface area contributed by atoms with E-state index in [9.17, 15) is 0 Å². The molecule has 2 nitrogen and oxygen atoms in total. The third-order valence-electron chi connectivity index (χ3n) is 15.1. The summed E-state index contributed by atoms with van der Waals surface area (Å²) in [6, 6.07) is 81.4. The molecule has 0 spiro atoms. The second kappa shape index (κ2) is 17.0. The van der Waals surface area contributed by atoms with Gasteiger partial charge in [-0.1, -0.05) is 186 Å². The Bertz CT molecular complexity index is 3090. The Morgan fingerprint density at radius 2 is 0.939 bits per heavy atom. The summed E-state index contributed by atoms with van der Waals surface area (Å²) in [4.78, 5) is 4.85. The molecule has 2 aliphatic rings. The van der Waals surface area contributed by atoms with E-state index < -0.39 is 0 Å². The van der Waals surface area contributed by atoms with Crippen LogP contribution in [0.15, 0.2) is 218 Å². The number of nitrogens with zero attached hydrogens (tertiary/aromatic N) is 2. The van der Waals surface area contributed by atoms with Gasteiger partial charge in [-0.15, -0.1) is 0 Å². The Balaban J connectivity index is 1.02. The highest BCUT2D eigenvalue weighted by Crippen LogP contribution is 2.55. The SMILES string of the molecule is CC(C)C1CCCCC1(c1ccc(N(c2ccccc2)c2ccccc2)cc1)c1ccc(N(c2ccc3c(c2)C(C)(C)c2cccc(-c4ccccc4)c2-3)c2ccc3ccccc3c2)cc1. The van der Waals surface area contributed by atoms with Crippen LogP contribution >= 0.6 is 0 Å². The molecule has 1 fully saturated rings. The fourth-order valence-electron chi connectivity index (χ4n) is 11.9. The van der Waals surface area contributed by atoms with Crippen molar-refractivity contribution in [3.8, 4) is 22.3 Å². The molecule has 66 heavy (non-hydrogen) atoms. The maximum atomic E-state index is 2.48. The summed E-state index contributed by atoms with van der Waals surface area (Å²) in [7, 11) is 0. The van der Waals surface area contributed by atoms with E-state index in [1.54, 1.807) is 0 Å². The van der Waals surface area contributed by atoms with E-state index in [2.05, 4.69) is 256 Å². The van der Waals surface area contributed by atoms with Gasteiger partial charge in [-0.2, -0.15) is 0 Å². The van der Waals surface area contributed by atoms with Gasteiger partial charge in [-0.25, -0.2) is 0 Å². The topological polar surface area (TPSA) is 6.48 Å². The van der Waals surface area contributed by atoms with Crippen LogP contribution in [-0.4, -0.2) is 0 Å². The Morgan fingerprint density at radius 3 is 1.56 bits per heavy atom. The van der Waals surface area contributed by atoms with Crippen LogP contribution in [0.5, 0.6) is 0 Å². The van der Waals surface area contributed by atoms with Gasteiger partial charge >= 0.3 is 0 Å². The largest absolute Gasteiger partial charge is 0.311 e. The van der Waals surface area contributed by atoms with E-state index in [0.29, 0.717) is 11.8 Å². The Hall–Kier alpha value is -7.16. The predicted molar refractivity (Wildman–Crippen MR) is 280 cm³/mol. The minimum absolute atomic E-state index is 0.110. The van der Waals surface area contributed by atoms with E-state index in [1.807, 2.05) is 0 Å². The van der Waals surface area contributed by atoms with Gasteiger partial charge in [0.1, 0.15) is 0 Å². The van der Waals surface area contributed by atoms with Crippen molar-refractivity contribution in [3.05, 3.63) is 241 Å². The standard InChI is InChI=1S/C64H58N2/c1-45(2)59-28-16-17-42-64(59,49-31-36-53(37-32-49)65(51-23-10-6-11-24-51)52-25-12-7-13-26-52)50-33-38-54(39-34-50)66(55-35-30-46-19-14-15-22-48(46)43-55)56-40-41-58-61(44-56)63(3,4)60-29-18-27-57(62(58)60)47-20-8-5-9-21-47/h5-15,18-27,29-41,43-45,59H,16-17,28,42H2,1-4H3. The summed E-state index contributed by atoms with van der Waals surface area (Å²) in [6.07, 6.45) is 4.85. The molecule has 0 radical (unpaired) electrons. The zero-order valence-corrected chi connectivity index (χ0v) is 38.7. The van der Waals surface area contributed by atoms with Gasteiger partial charge in [-0.3, -0.25) is 0 Å². The van der Waals surface area contributed by atoms with Crippen molar-refractivity contribution in [1.82, 2.24) is 0 Å². The zero-order chi connectivity index (χ0) is 44.8.